The minimum absolute atomic E-state index is 0.0193. The molecule has 0 aliphatic rings. The molecule has 0 amide bonds. The van der Waals surface area contributed by atoms with Gasteiger partial charge in [-0.25, -0.2) is 13.4 Å². The van der Waals surface area contributed by atoms with Crippen molar-refractivity contribution < 1.29 is 13.5 Å². The van der Waals surface area contributed by atoms with Crippen LogP contribution in [0, 0.1) is 0 Å². The Morgan fingerprint density at radius 2 is 1.94 bits per heavy atom. The second-order valence-corrected chi connectivity index (χ2v) is 8.16. The quantitative estimate of drug-likeness (QED) is 0.873. The predicted molar refractivity (Wildman–Crippen MR) is 74.5 cm³/mol. The molecule has 0 aliphatic carbocycles. The van der Waals surface area contributed by atoms with Crippen molar-refractivity contribution in [2.75, 3.05) is 5.75 Å². The van der Waals surface area contributed by atoms with Gasteiger partial charge >= 0.3 is 0 Å². The average molecular weight is 291 g/mol. The zero-order valence-electron chi connectivity index (χ0n) is 11.4. The van der Waals surface area contributed by atoms with E-state index in [1.807, 2.05) is 13.8 Å². The summed E-state index contributed by atoms with van der Waals surface area (Å²) in [7, 11) is -3.08. The van der Waals surface area contributed by atoms with Gasteiger partial charge in [0.15, 0.2) is 9.84 Å². The molecule has 0 fully saturated rings. The lowest BCUT2D eigenvalue weighted by atomic mass is 10.1. The normalized spacial score (nSPS) is 12.9. The Hall–Kier alpha value is -0.460. The third kappa shape index (κ3) is 4.03. The van der Waals surface area contributed by atoms with E-state index in [1.54, 1.807) is 13.8 Å². The van der Waals surface area contributed by atoms with Crippen molar-refractivity contribution in [3.63, 3.8) is 0 Å². The minimum Gasteiger partial charge on any atom is -0.385 e. The summed E-state index contributed by atoms with van der Waals surface area (Å²) in [6.07, 6.45) is 1.32. The molecule has 104 valence electrons. The predicted octanol–water partition coefficient (Wildman–Crippen LogP) is 2.26. The van der Waals surface area contributed by atoms with Crippen molar-refractivity contribution in [3.8, 4) is 0 Å². The number of hydrogen-bond acceptors (Lipinski definition) is 5. The van der Waals surface area contributed by atoms with Crippen LogP contribution in [0.25, 0.3) is 0 Å². The Bertz CT molecular complexity index is 498. The summed E-state index contributed by atoms with van der Waals surface area (Å²) in [4.78, 5) is 5.11. The summed E-state index contributed by atoms with van der Waals surface area (Å²) in [5.74, 6) is 0.167. The van der Waals surface area contributed by atoms with E-state index >= 15 is 0 Å². The van der Waals surface area contributed by atoms with Gasteiger partial charge in [0.25, 0.3) is 0 Å². The van der Waals surface area contributed by atoms with E-state index in [9.17, 15) is 13.5 Å². The second kappa shape index (κ2) is 5.67. The number of nitrogens with zero attached hydrogens (tertiary/aromatic N) is 1. The molecule has 4 nitrogen and oxygen atoms in total. The zero-order valence-corrected chi connectivity index (χ0v) is 13.0. The van der Waals surface area contributed by atoms with Crippen LogP contribution in [-0.4, -0.2) is 24.3 Å². The molecule has 18 heavy (non-hydrogen) atoms. The summed E-state index contributed by atoms with van der Waals surface area (Å²) in [6, 6.07) is 0. The van der Waals surface area contributed by atoms with E-state index < -0.39 is 15.4 Å². The highest BCUT2D eigenvalue weighted by Gasteiger charge is 2.25. The van der Waals surface area contributed by atoms with E-state index in [1.165, 1.54) is 11.3 Å². The monoisotopic (exact) mass is 291 g/mol. The first-order valence-electron chi connectivity index (χ1n) is 6.11. The van der Waals surface area contributed by atoms with Gasteiger partial charge in [-0.3, -0.25) is 0 Å². The van der Waals surface area contributed by atoms with Gasteiger partial charge in [0, 0.05) is 0 Å². The third-order valence-corrected chi connectivity index (χ3v) is 5.83. The van der Waals surface area contributed by atoms with Gasteiger partial charge in [-0.15, -0.1) is 11.3 Å². The highest BCUT2D eigenvalue weighted by molar-refractivity contribution is 7.90. The molecule has 0 saturated heterocycles. The van der Waals surface area contributed by atoms with Gasteiger partial charge in [0.1, 0.15) is 10.8 Å². The molecule has 1 aromatic heterocycles. The fourth-order valence-corrected chi connectivity index (χ4v) is 4.68. The van der Waals surface area contributed by atoms with Crippen molar-refractivity contribution in [2.45, 2.75) is 51.9 Å². The van der Waals surface area contributed by atoms with Crippen LogP contribution in [0.2, 0.25) is 0 Å². The van der Waals surface area contributed by atoms with Crippen molar-refractivity contribution in [1.29, 1.82) is 0 Å². The van der Waals surface area contributed by atoms with Crippen LogP contribution in [0.1, 0.15) is 49.7 Å². The molecule has 1 N–H and O–H groups in total. The summed E-state index contributed by atoms with van der Waals surface area (Å²) in [6.45, 7) is 7.20. The Morgan fingerprint density at radius 3 is 2.33 bits per heavy atom. The molecule has 1 heterocycles. The molecule has 0 atom stereocenters. The molecule has 0 unspecified atom stereocenters. The van der Waals surface area contributed by atoms with Gasteiger partial charge in [0.05, 0.1) is 21.9 Å². The Balaban J connectivity index is 3.03. The first kappa shape index (κ1) is 15.6. The molecule has 0 saturated carbocycles. The standard InChI is InChI=1S/C12H21NO3S2/c1-5-7-18(15,16)8-10-13-9(6-2)11(17-10)12(3,4)14/h14H,5-8H2,1-4H3. The lowest BCUT2D eigenvalue weighted by molar-refractivity contribution is 0.0814. The minimum atomic E-state index is -3.08. The third-order valence-electron chi connectivity index (χ3n) is 2.49. The number of rotatable bonds is 6. The summed E-state index contributed by atoms with van der Waals surface area (Å²) in [5.41, 5.74) is -0.162. The molecule has 6 heteroatoms. The van der Waals surface area contributed by atoms with Crippen LogP contribution in [0.5, 0.6) is 0 Å². The molecule has 0 aliphatic heterocycles. The number of sulfone groups is 1. The maximum absolute atomic E-state index is 11.8. The maximum Gasteiger partial charge on any atom is 0.156 e. The Kier molecular flexibility index (Phi) is 4.91. The van der Waals surface area contributed by atoms with Crippen LogP contribution in [0.15, 0.2) is 0 Å². The van der Waals surface area contributed by atoms with Crippen molar-refractivity contribution >= 4 is 21.2 Å². The lowest BCUT2D eigenvalue weighted by Gasteiger charge is -2.15. The highest BCUT2D eigenvalue weighted by Crippen LogP contribution is 2.31. The fraction of sp³-hybridized carbons (Fsp3) is 0.750. The molecule has 1 aromatic rings. The number of thiazole rings is 1. The van der Waals surface area contributed by atoms with Gasteiger partial charge in [-0.05, 0) is 26.7 Å². The summed E-state index contributed by atoms with van der Waals surface area (Å²) in [5, 5.41) is 10.6. The number of aromatic nitrogens is 1. The van der Waals surface area contributed by atoms with Crippen LogP contribution >= 0.6 is 11.3 Å². The van der Waals surface area contributed by atoms with E-state index in [0.717, 1.165) is 10.6 Å². The molecule has 0 spiro atoms. The molecular formula is C12H21NO3S2. The van der Waals surface area contributed by atoms with Gasteiger partial charge in [-0.1, -0.05) is 13.8 Å². The van der Waals surface area contributed by atoms with Crippen molar-refractivity contribution in [1.82, 2.24) is 4.98 Å². The molecule has 1 rings (SSSR count). The van der Waals surface area contributed by atoms with Crippen LogP contribution in [0.3, 0.4) is 0 Å². The Labute approximate surface area is 113 Å². The summed E-state index contributed by atoms with van der Waals surface area (Å²) < 4.78 is 23.5. The average Bonchev–Trinajstić information content (AvgIpc) is 2.59. The van der Waals surface area contributed by atoms with Crippen molar-refractivity contribution in [3.05, 3.63) is 15.6 Å². The first-order chi connectivity index (χ1) is 8.19. The van der Waals surface area contributed by atoms with E-state index in [4.69, 9.17) is 0 Å². The topological polar surface area (TPSA) is 67.3 Å². The van der Waals surface area contributed by atoms with Crippen LogP contribution < -0.4 is 0 Å². The van der Waals surface area contributed by atoms with Crippen LogP contribution in [-0.2, 0) is 27.6 Å². The maximum atomic E-state index is 11.8. The van der Waals surface area contributed by atoms with Crippen molar-refractivity contribution in [2.24, 2.45) is 0 Å². The summed E-state index contributed by atoms with van der Waals surface area (Å²) >= 11 is 1.30. The van der Waals surface area contributed by atoms with Gasteiger partial charge in [0.2, 0.25) is 0 Å². The van der Waals surface area contributed by atoms with Gasteiger partial charge in [-0.2, -0.15) is 0 Å². The first-order valence-corrected chi connectivity index (χ1v) is 8.75. The van der Waals surface area contributed by atoms with Crippen LogP contribution in [0.4, 0.5) is 0 Å². The van der Waals surface area contributed by atoms with E-state index in [0.29, 0.717) is 17.8 Å². The highest BCUT2D eigenvalue weighted by atomic mass is 32.2. The van der Waals surface area contributed by atoms with E-state index in [2.05, 4.69) is 4.98 Å². The lowest BCUT2D eigenvalue weighted by Crippen LogP contribution is -2.15. The second-order valence-electron chi connectivity index (χ2n) is 4.89. The zero-order chi connectivity index (χ0) is 14.0. The van der Waals surface area contributed by atoms with Gasteiger partial charge < -0.3 is 5.11 Å². The van der Waals surface area contributed by atoms with E-state index in [-0.39, 0.29) is 11.5 Å². The molecule has 0 aromatic carbocycles. The molecule has 0 radical (unpaired) electrons. The fourth-order valence-electron chi connectivity index (χ4n) is 1.75. The SMILES string of the molecule is CCCS(=O)(=O)Cc1nc(CC)c(C(C)(C)O)s1. The number of aliphatic hydroxyl groups is 1. The smallest absolute Gasteiger partial charge is 0.156 e. The number of aryl methyl sites for hydroxylation is 1. The largest absolute Gasteiger partial charge is 0.385 e. The molecule has 0 bridgehead atoms. The Morgan fingerprint density at radius 1 is 1.33 bits per heavy atom. The molecular weight excluding hydrogens is 270 g/mol. The number of hydrogen-bond donors (Lipinski definition) is 1.